The third-order valence-corrected chi connectivity index (χ3v) is 2.35. The zero-order valence-electron chi connectivity index (χ0n) is 10.7. The van der Waals surface area contributed by atoms with Crippen molar-refractivity contribution in [1.29, 1.82) is 0 Å². The highest BCUT2D eigenvalue weighted by molar-refractivity contribution is 5.73. The van der Waals surface area contributed by atoms with Gasteiger partial charge in [0.15, 0.2) is 0 Å². The van der Waals surface area contributed by atoms with Crippen LogP contribution in [0.4, 0.5) is 5.95 Å². The fraction of sp³-hybridized carbons (Fsp3) is 0.583. The van der Waals surface area contributed by atoms with Gasteiger partial charge in [0.1, 0.15) is 0 Å². The maximum atomic E-state index is 10.6. The molecule has 1 heterocycles. The largest absolute Gasteiger partial charge is 0.370 e. The molecule has 5 heteroatoms. The smallest absolute Gasteiger partial charge is 0.223 e. The number of hydrogen-bond acceptors (Lipinski definition) is 4. The van der Waals surface area contributed by atoms with Crippen molar-refractivity contribution in [2.45, 2.75) is 39.5 Å². The highest BCUT2D eigenvalue weighted by Crippen LogP contribution is 2.14. The second-order valence-electron chi connectivity index (χ2n) is 4.41. The Morgan fingerprint density at radius 2 is 2.18 bits per heavy atom. The number of aryl methyl sites for hydroxylation is 1. The normalized spacial score (nSPS) is 10.6. The molecule has 1 aromatic heterocycles. The van der Waals surface area contributed by atoms with E-state index in [-0.39, 0.29) is 5.91 Å². The quantitative estimate of drug-likeness (QED) is 0.735. The molecule has 0 atom stereocenters. The van der Waals surface area contributed by atoms with Crippen LogP contribution in [0.5, 0.6) is 0 Å². The molecule has 0 saturated heterocycles. The summed E-state index contributed by atoms with van der Waals surface area (Å²) in [5.41, 5.74) is 7.03. The molecule has 0 aliphatic rings. The van der Waals surface area contributed by atoms with E-state index in [1.807, 2.05) is 13.0 Å². The molecule has 5 nitrogen and oxygen atoms in total. The molecular formula is C12H20N4O. The molecule has 3 N–H and O–H groups in total. The molecule has 1 aromatic rings. The number of carbonyl (C=O) groups is 1. The summed E-state index contributed by atoms with van der Waals surface area (Å²) < 4.78 is 0. The number of amides is 1. The summed E-state index contributed by atoms with van der Waals surface area (Å²) in [5.74, 6) is 0.723. The van der Waals surface area contributed by atoms with Gasteiger partial charge in [-0.3, -0.25) is 4.79 Å². The first-order valence-corrected chi connectivity index (χ1v) is 5.87. The van der Waals surface area contributed by atoms with Crippen LogP contribution < -0.4 is 11.1 Å². The molecule has 0 aliphatic carbocycles. The second-order valence-corrected chi connectivity index (χ2v) is 4.41. The number of nitrogens with zero attached hydrogens (tertiary/aromatic N) is 2. The van der Waals surface area contributed by atoms with E-state index in [2.05, 4.69) is 29.1 Å². The van der Waals surface area contributed by atoms with Gasteiger partial charge in [-0.1, -0.05) is 13.8 Å². The highest BCUT2D eigenvalue weighted by Gasteiger charge is 2.05. The van der Waals surface area contributed by atoms with Gasteiger partial charge in [-0.2, -0.15) is 0 Å². The van der Waals surface area contributed by atoms with Crippen molar-refractivity contribution >= 4 is 11.9 Å². The van der Waals surface area contributed by atoms with Gasteiger partial charge in [-0.15, -0.1) is 0 Å². The molecule has 0 bridgehead atoms. The van der Waals surface area contributed by atoms with Gasteiger partial charge >= 0.3 is 0 Å². The van der Waals surface area contributed by atoms with Crippen LogP contribution in [0.3, 0.4) is 0 Å². The molecule has 0 fully saturated rings. The van der Waals surface area contributed by atoms with Crippen molar-refractivity contribution in [3.05, 3.63) is 17.5 Å². The fourth-order valence-electron chi connectivity index (χ4n) is 1.43. The molecule has 17 heavy (non-hydrogen) atoms. The lowest BCUT2D eigenvalue weighted by molar-refractivity contribution is -0.118. The van der Waals surface area contributed by atoms with Crippen LogP contribution in [0.1, 0.15) is 44.0 Å². The van der Waals surface area contributed by atoms with Gasteiger partial charge < -0.3 is 11.1 Å². The molecule has 0 spiro atoms. The van der Waals surface area contributed by atoms with E-state index < -0.39 is 0 Å². The van der Waals surface area contributed by atoms with Crippen LogP contribution in [0.25, 0.3) is 0 Å². The Kier molecular flexibility index (Phi) is 4.87. The minimum Gasteiger partial charge on any atom is -0.370 e. The first kappa shape index (κ1) is 13.4. The minimum absolute atomic E-state index is 0.278. The molecule has 1 rings (SSSR count). The number of anilines is 1. The monoisotopic (exact) mass is 236 g/mol. The maximum absolute atomic E-state index is 10.6. The number of nitrogens with one attached hydrogen (secondary N) is 1. The predicted molar refractivity (Wildman–Crippen MR) is 67.8 cm³/mol. The van der Waals surface area contributed by atoms with Crippen molar-refractivity contribution in [2.75, 3.05) is 11.9 Å². The topological polar surface area (TPSA) is 80.9 Å². The Bertz CT molecular complexity index is 390. The fourth-order valence-corrected chi connectivity index (χ4v) is 1.43. The van der Waals surface area contributed by atoms with Gasteiger partial charge in [-0.05, 0) is 25.3 Å². The number of rotatable bonds is 6. The Balaban J connectivity index is 2.55. The Morgan fingerprint density at radius 1 is 1.47 bits per heavy atom. The average Bonchev–Trinajstić information content (AvgIpc) is 2.23. The van der Waals surface area contributed by atoms with Crippen LogP contribution in [-0.2, 0) is 4.79 Å². The summed E-state index contributed by atoms with van der Waals surface area (Å²) in [4.78, 5) is 19.3. The van der Waals surface area contributed by atoms with E-state index in [0.717, 1.165) is 11.4 Å². The number of hydrogen-bond donors (Lipinski definition) is 2. The maximum Gasteiger partial charge on any atom is 0.223 e. The van der Waals surface area contributed by atoms with Crippen molar-refractivity contribution in [2.24, 2.45) is 5.73 Å². The van der Waals surface area contributed by atoms with Crippen molar-refractivity contribution in [3.63, 3.8) is 0 Å². The lowest BCUT2D eigenvalue weighted by Crippen LogP contribution is -2.14. The van der Waals surface area contributed by atoms with Crippen LogP contribution in [0.2, 0.25) is 0 Å². The summed E-state index contributed by atoms with van der Waals surface area (Å²) in [6.45, 7) is 6.80. The lowest BCUT2D eigenvalue weighted by atomic mass is 10.1. The summed E-state index contributed by atoms with van der Waals surface area (Å²) in [6.07, 6.45) is 1.08. The first-order chi connectivity index (χ1) is 7.99. The number of primary amides is 1. The van der Waals surface area contributed by atoms with Crippen molar-refractivity contribution in [3.8, 4) is 0 Å². The van der Waals surface area contributed by atoms with E-state index in [0.29, 0.717) is 31.3 Å². The first-order valence-electron chi connectivity index (χ1n) is 5.87. The highest BCUT2D eigenvalue weighted by atomic mass is 16.1. The van der Waals surface area contributed by atoms with Crippen LogP contribution >= 0.6 is 0 Å². The van der Waals surface area contributed by atoms with E-state index in [9.17, 15) is 4.79 Å². The van der Waals surface area contributed by atoms with Crippen molar-refractivity contribution < 1.29 is 4.79 Å². The van der Waals surface area contributed by atoms with Crippen LogP contribution in [-0.4, -0.2) is 22.4 Å². The molecule has 1 amide bonds. The SMILES string of the molecule is Cc1cc(C(C)C)nc(NCCCC(N)=O)n1. The Labute approximate surface area is 102 Å². The molecule has 0 radical (unpaired) electrons. The van der Waals surface area contributed by atoms with Gasteiger partial charge in [0.2, 0.25) is 11.9 Å². The van der Waals surface area contributed by atoms with Crippen LogP contribution in [0.15, 0.2) is 6.07 Å². The van der Waals surface area contributed by atoms with Gasteiger partial charge in [0, 0.05) is 24.4 Å². The summed E-state index contributed by atoms with van der Waals surface area (Å²) >= 11 is 0. The molecule has 0 aliphatic heterocycles. The van der Waals surface area contributed by atoms with Gasteiger partial charge in [0.25, 0.3) is 0 Å². The Morgan fingerprint density at radius 3 is 2.76 bits per heavy atom. The molecular weight excluding hydrogens is 216 g/mol. The number of carbonyl (C=O) groups excluding carboxylic acids is 1. The van der Waals surface area contributed by atoms with Crippen molar-refractivity contribution in [1.82, 2.24) is 9.97 Å². The van der Waals surface area contributed by atoms with Gasteiger partial charge in [-0.25, -0.2) is 9.97 Å². The van der Waals surface area contributed by atoms with Gasteiger partial charge in [0.05, 0.1) is 0 Å². The molecule has 94 valence electrons. The van der Waals surface area contributed by atoms with E-state index in [1.165, 1.54) is 0 Å². The standard InChI is InChI=1S/C12H20N4O/c1-8(2)10-7-9(3)15-12(16-10)14-6-4-5-11(13)17/h7-8H,4-6H2,1-3H3,(H2,13,17)(H,14,15,16). The zero-order valence-corrected chi connectivity index (χ0v) is 10.7. The van der Waals surface area contributed by atoms with E-state index in [1.54, 1.807) is 0 Å². The third-order valence-electron chi connectivity index (χ3n) is 2.35. The minimum atomic E-state index is -0.278. The van der Waals surface area contributed by atoms with E-state index >= 15 is 0 Å². The second kappa shape index (κ2) is 6.18. The Hall–Kier alpha value is -1.65. The van der Waals surface area contributed by atoms with Crippen LogP contribution in [0, 0.1) is 6.92 Å². The average molecular weight is 236 g/mol. The zero-order chi connectivity index (χ0) is 12.8. The summed E-state index contributed by atoms with van der Waals surface area (Å²) in [6, 6.07) is 1.99. The number of nitrogens with two attached hydrogens (primary N) is 1. The predicted octanol–water partition coefficient (Wildman–Crippen LogP) is 1.59. The lowest BCUT2D eigenvalue weighted by Gasteiger charge is -2.09. The van der Waals surface area contributed by atoms with E-state index in [4.69, 9.17) is 5.73 Å². The molecule has 0 unspecified atom stereocenters. The molecule has 0 saturated carbocycles. The molecule has 0 aromatic carbocycles. The third kappa shape index (κ3) is 4.80. The summed E-state index contributed by atoms with van der Waals surface area (Å²) in [5, 5.41) is 3.11. The summed E-state index contributed by atoms with van der Waals surface area (Å²) in [7, 11) is 0. The number of aromatic nitrogens is 2.